The zero-order chi connectivity index (χ0) is 14.2. The van der Waals surface area contributed by atoms with Crippen LogP contribution in [0.2, 0.25) is 0 Å². The second-order valence-corrected chi connectivity index (χ2v) is 4.59. The average molecular weight is 275 g/mol. The number of hydrazine groups is 1. The van der Waals surface area contributed by atoms with Crippen LogP contribution in [0.1, 0.15) is 0 Å². The molecule has 0 aromatic heterocycles. The van der Waals surface area contributed by atoms with Gasteiger partial charge in [0.25, 0.3) is 0 Å². The molecule has 0 radical (unpaired) electrons. The summed E-state index contributed by atoms with van der Waals surface area (Å²) in [6, 6.07) is 0. The maximum atomic E-state index is 5.38. The van der Waals surface area contributed by atoms with Gasteiger partial charge in [-0.2, -0.15) is 0 Å². The highest BCUT2D eigenvalue weighted by Gasteiger charge is 1.90. The summed E-state index contributed by atoms with van der Waals surface area (Å²) in [4.78, 5) is 0. The largest absolute Gasteiger partial charge is 0.329 e. The van der Waals surface area contributed by atoms with E-state index in [1.807, 2.05) is 19.1 Å². The zero-order valence-corrected chi connectivity index (χ0v) is 12.6. The molecule has 0 aliphatic heterocycles. The molecule has 7 N–H and O–H groups in total. The first-order valence-corrected chi connectivity index (χ1v) is 7.21. The van der Waals surface area contributed by atoms with Gasteiger partial charge in [-0.1, -0.05) is 0 Å². The summed E-state index contributed by atoms with van der Waals surface area (Å²) in [5.74, 6) is 0. The Kier molecular flexibility index (Phi) is 15.5. The maximum absolute atomic E-state index is 5.38. The summed E-state index contributed by atoms with van der Waals surface area (Å²) in [5.41, 5.74) is 8.59. The van der Waals surface area contributed by atoms with Crippen LogP contribution in [0.25, 0.3) is 0 Å². The van der Waals surface area contributed by atoms with Crippen molar-refractivity contribution in [2.75, 3.05) is 79.5 Å². The lowest BCUT2D eigenvalue weighted by Gasteiger charge is -2.12. The van der Waals surface area contributed by atoms with E-state index in [9.17, 15) is 0 Å². The molecule has 0 fully saturated rings. The molecule has 0 aromatic carbocycles. The Morgan fingerprint density at radius 1 is 0.632 bits per heavy atom. The van der Waals surface area contributed by atoms with E-state index in [0.717, 1.165) is 58.9 Å². The van der Waals surface area contributed by atoms with Gasteiger partial charge >= 0.3 is 0 Å². The standard InChI is InChI=1S/C12H33N7/c1-19(2)18-12-11-17-10-9-16-8-7-15-6-5-14-4-3-13/h14-18H,3-13H2,1-2H3. The minimum atomic E-state index is 0.707. The Morgan fingerprint density at radius 2 is 1.00 bits per heavy atom. The fourth-order valence-corrected chi connectivity index (χ4v) is 1.50. The molecule has 19 heavy (non-hydrogen) atoms. The molecular formula is C12H33N7. The lowest BCUT2D eigenvalue weighted by atomic mass is 10.5. The van der Waals surface area contributed by atoms with Gasteiger partial charge in [-0.15, -0.1) is 0 Å². The van der Waals surface area contributed by atoms with Crippen LogP contribution in [-0.4, -0.2) is 84.6 Å². The smallest absolute Gasteiger partial charge is 0.0227 e. The molecule has 0 aliphatic rings. The van der Waals surface area contributed by atoms with Crippen LogP contribution in [0, 0.1) is 0 Å². The minimum Gasteiger partial charge on any atom is -0.329 e. The lowest BCUT2D eigenvalue weighted by molar-refractivity contribution is 0.290. The summed E-state index contributed by atoms with van der Waals surface area (Å²) in [6.45, 7) is 9.57. The second kappa shape index (κ2) is 15.8. The van der Waals surface area contributed by atoms with Gasteiger partial charge in [0.1, 0.15) is 0 Å². The van der Waals surface area contributed by atoms with Crippen LogP contribution in [0.3, 0.4) is 0 Å². The van der Waals surface area contributed by atoms with Gasteiger partial charge in [-0.05, 0) is 0 Å². The summed E-state index contributed by atoms with van der Waals surface area (Å²) in [6.07, 6.45) is 0. The van der Waals surface area contributed by atoms with E-state index in [0.29, 0.717) is 6.54 Å². The van der Waals surface area contributed by atoms with Crippen molar-refractivity contribution >= 4 is 0 Å². The van der Waals surface area contributed by atoms with Gasteiger partial charge in [0.15, 0.2) is 0 Å². The van der Waals surface area contributed by atoms with E-state index in [-0.39, 0.29) is 0 Å². The van der Waals surface area contributed by atoms with Crippen LogP contribution < -0.4 is 32.4 Å². The molecule has 7 nitrogen and oxygen atoms in total. The quantitative estimate of drug-likeness (QED) is 0.144. The van der Waals surface area contributed by atoms with Gasteiger partial charge in [0.05, 0.1) is 0 Å². The van der Waals surface area contributed by atoms with Crippen molar-refractivity contribution < 1.29 is 0 Å². The van der Waals surface area contributed by atoms with Crippen molar-refractivity contribution in [1.29, 1.82) is 0 Å². The summed E-state index contributed by atoms with van der Waals surface area (Å²) in [7, 11) is 4.00. The molecule has 0 heterocycles. The van der Waals surface area contributed by atoms with Crippen molar-refractivity contribution in [3.8, 4) is 0 Å². The van der Waals surface area contributed by atoms with Crippen molar-refractivity contribution in [3.05, 3.63) is 0 Å². The molecule has 0 aliphatic carbocycles. The number of hydrogen-bond acceptors (Lipinski definition) is 7. The topological polar surface area (TPSA) is 89.4 Å². The fraction of sp³-hybridized carbons (Fsp3) is 1.00. The van der Waals surface area contributed by atoms with Gasteiger partial charge < -0.3 is 27.0 Å². The Morgan fingerprint density at radius 3 is 1.37 bits per heavy atom. The zero-order valence-electron chi connectivity index (χ0n) is 12.6. The van der Waals surface area contributed by atoms with Crippen LogP contribution in [0.5, 0.6) is 0 Å². The van der Waals surface area contributed by atoms with E-state index in [4.69, 9.17) is 5.73 Å². The first kappa shape index (κ1) is 18.7. The number of nitrogens with zero attached hydrogens (tertiary/aromatic N) is 1. The number of hydrogen-bond donors (Lipinski definition) is 6. The molecule has 0 atom stereocenters. The number of rotatable bonds is 15. The molecule has 116 valence electrons. The predicted molar refractivity (Wildman–Crippen MR) is 82.2 cm³/mol. The second-order valence-electron chi connectivity index (χ2n) is 4.59. The molecule has 0 spiro atoms. The highest BCUT2D eigenvalue weighted by Crippen LogP contribution is 1.65. The average Bonchev–Trinajstić information content (AvgIpc) is 2.39. The van der Waals surface area contributed by atoms with E-state index in [1.165, 1.54) is 0 Å². The van der Waals surface area contributed by atoms with E-state index >= 15 is 0 Å². The first-order valence-electron chi connectivity index (χ1n) is 7.21. The lowest BCUT2D eigenvalue weighted by Crippen LogP contribution is -2.39. The predicted octanol–water partition coefficient (Wildman–Crippen LogP) is -2.63. The van der Waals surface area contributed by atoms with Crippen molar-refractivity contribution in [2.24, 2.45) is 5.73 Å². The highest BCUT2D eigenvalue weighted by molar-refractivity contribution is 4.57. The summed E-state index contributed by atoms with van der Waals surface area (Å²) in [5, 5.41) is 15.3. The van der Waals surface area contributed by atoms with Gasteiger partial charge in [-0.3, -0.25) is 10.4 Å². The maximum Gasteiger partial charge on any atom is 0.0227 e. The molecule has 0 bridgehead atoms. The normalized spacial score (nSPS) is 11.4. The van der Waals surface area contributed by atoms with E-state index < -0.39 is 0 Å². The molecule has 0 saturated heterocycles. The number of nitrogens with two attached hydrogens (primary N) is 1. The fourth-order valence-electron chi connectivity index (χ4n) is 1.50. The molecule has 0 aromatic rings. The molecule has 0 unspecified atom stereocenters. The van der Waals surface area contributed by atoms with Crippen molar-refractivity contribution in [3.63, 3.8) is 0 Å². The highest BCUT2D eigenvalue weighted by atomic mass is 15.5. The molecular weight excluding hydrogens is 242 g/mol. The van der Waals surface area contributed by atoms with Crippen LogP contribution in [-0.2, 0) is 0 Å². The van der Waals surface area contributed by atoms with Crippen LogP contribution in [0.4, 0.5) is 0 Å². The summed E-state index contributed by atoms with van der Waals surface area (Å²) >= 11 is 0. The molecule has 7 heteroatoms. The Labute approximate surface area is 118 Å². The van der Waals surface area contributed by atoms with Gasteiger partial charge in [0, 0.05) is 79.5 Å². The third-order valence-electron chi connectivity index (χ3n) is 2.49. The summed E-state index contributed by atoms with van der Waals surface area (Å²) < 4.78 is 0. The van der Waals surface area contributed by atoms with Crippen molar-refractivity contribution in [2.45, 2.75) is 0 Å². The minimum absolute atomic E-state index is 0.707. The van der Waals surface area contributed by atoms with E-state index in [1.54, 1.807) is 0 Å². The molecule has 0 saturated carbocycles. The molecule has 0 rings (SSSR count). The van der Waals surface area contributed by atoms with Crippen molar-refractivity contribution in [1.82, 2.24) is 31.7 Å². The Balaban J connectivity index is 2.91. The van der Waals surface area contributed by atoms with Crippen LogP contribution in [0.15, 0.2) is 0 Å². The van der Waals surface area contributed by atoms with E-state index in [2.05, 4.69) is 26.7 Å². The third-order valence-corrected chi connectivity index (χ3v) is 2.49. The number of nitrogens with one attached hydrogen (secondary N) is 5. The SMILES string of the molecule is CN(C)NCCNCCNCCNCCNCCN. The van der Waals surface area contributed by atoms with Gasteiger partial charge in [-0.25, -0.2) is 0 Å². The third kappa shape index (κ3) is 17.7. The van der Waals surface area contributed by atoms with Crippen LogP contribution >= 0.6 is 0 Å². The molecule has 0 amide bonds. The first-order chi connectivity index (χ1) is 9.27. The van der Waals surface area contributed by atoms with Gasteiger partial charge in [0.2, 0.25) is 0 Å². The Bertz CT molecular complexity index is 166. The monoisotopic (exact) mass is 275 g/mol. The Hall–Kier alpha value is -0.280.